The number of rotatable bonds is 10. The van der Waals surface area contributed by atoms with Gasteiger partial charge in [-0.05, 0) is 61.2 Å². The Hall–Kier alpha value is -3.50. The molecule has 2 fully saturated rings. The second-order valence-electron chi connectivity index (χ2n) is 9.47. The highest BCUT2D eigenvalue weighted by Gasteiger charge is 2.32. The van der Waals surface area contributed by atoms with E-state index in [4.69, 9.17) is 25.8 Å². The first kappa shape index (κ1) is 27.1. The third kappa shape index (κ3) is 6.75. The summed E-state index contributed by atoms with van der Waals surface area (Å²) < 4.78 is 17.3. The fourth-order valence-corrected chi connectivity index (χ4v) is 5.97. The Morgan fingerprint density at radius 3 is 2.56 bits per heavy atom. The van der Waals surface area contributed by atoms with Crippen molar-refractivity contribution in [3.8, 4) is 5.75 Å². The molecule has 0 spiro atoms. The zero-order valence-electron chi connectivity index (χ0n) is 21.8. The number of amides is 2. The van der Waals surface area contributed by atoms with Gasteiger partial charge in [0.1, 0.15) is 21.6 Å². The fourth-order valence-electron chi connectivity index (χ4n) is 4.66. The van der Waals surface area contributed by atoms with Crippen molar-refractivity contribution in [3.63, 3.8) is 0 Å². The van der Waals surface area contributed by atoms with Crippen molar-refractivity contribution < 1.29 is 23.2 Å². The van der Waals surface area contributed by atoms with Crippen LogP contribution in [0.5, 0.6) is 5.75 Å². The van der Waals surface area contributed by atoms with Gasteiger partial charge in [0.15, 0.2) is 5.88 Å². The molecule has 2 aromatic heterocycles. The van der Waals surface area contributed by atoms with E-state index in [1.165, 1.54) is 23.1 Å². The average molecular weight is 566 g/mol. The summed E-state index contributed by atoms with van der Waals surface area (Å²) in [4.78, 5) is 32.5. The predicted molar refractivity (Wildman–Crippen MR) is 155 cm³/mol. The summed E-state index contributed by atoms with van der Waals surface area (Å²) >= 11 is 6.73. The fraction of sp³-hybridized carbons (Fsp3) is 0.345. The van der Waals surface area contributed by atoms with Crippen molar-refractivity contribution in [3.05, 3.63) is 76.8 Å². The van der Waals surface area contributed by atoms with E-state index in [1.807, 2.05) is 42.5 Å². The molecule has 0 unspecified atom stereocenters. The van der Waals surface area contributed by atoms with Gasteiger partial charge in [0.2, 0.25) is 5.91 Å². The molecular weight excluding hydrogens is 534 g/mol. The van der Waals surface area contributed by atoms with Crippen molar-refractivity contribution >= 4 is 52.1 Å². The molecule has 8 nitrogen and oxygen atoms in total. The highest BCUT2D eigenvalue weighted by molar-refractivity contribution is 8.26. The van der Waals surface area contributed by atoms with E-state index in [0.29, 0.717) is 33.8 Å². The molecule has 2 saturated heterocycles. The molecule has 3 aromatic rings. The highest BCUT2D eigenvalue weighted by atomic mass is 32.2. The van der Waals surface area contributed by atoms with Crippen LogP contribution < -0.4 is 9.64 Å². The van der Waals surface area contributed by atoms with Gasteiger partial charge in [0.05, 0.1) is 31.4 Å². The number of benzene rings is 1. The van der Waals surface area contributed by atoms with E-state index in [1.54, 1.807) is 30.4 Å². The summed E-state index contributed by atoms with van der Waals surface area (Å²) in [5.74, 6) is 2.67. The molecule has 0 saturated carbocycles. The SMILES string of the molecule is COc1ccc(/C=C2\SC(=S)N(CCC(=O)N(Cc3ccco3)Cc3ccc(N4CCCCC4)o3)C2=O)cc1. The number of ether oxygens (including phenoxy) is 1. The van der Waals surface area contributed by atoms with Gasteiger partial charge in [-0.1, -0.05) is 36.1 Å². The molecule has 39 heavy (non-hydrogen) atoms. The topological polar surface area (TPSA) is 79.4 Å². The summed E-state index contributed by atoms with van der Waals surface area (Å²) in [5.41, 5.74) is 0.874. The number of hydrogen-bond acceptors (Lipinski definition) is 8. The van der Waals surface area contributed by atoms with Gasteiger partial charge in [0.25, 0.3) is 5.91 Å². The van der Waals surface area contributed by atoms with Gasteiger partial charge in [-0.15, -0.1) is 0 Å². The zero-order valence-corrected chi connectivity index (χ0v) is 23.5. The third-order valence-electron chi connectivity index (χ3n) is 6.78. The Bertz CT molecular complexity index is 1330. The number of thioether (sulfide) groups is 1. The number of thiocarbonyl (C=S) groups is 1. The van der Waals surface area contributed by atoms with Crippen LogP contribution in [0.3, 0.4) is 0 Å². The molecule has 0 N–H and O–H groups in total. The first-order valence-electron chi connectivity index (χ1n) is 13.0. The number of carbonyl (C=O) groups is 2. The van der Waals surface area contributed by atoms with Crippen LogP contribution in [0.1, 0.15) is 42.8 Å². The van der Waals surface area contributed by atoms with E-state index >= 15 is 0 Å². The third-order valence-corrected chi connectivity index (χ3v) is 8.16. The van der Waals surface area contributed by atoms with Crippen molar-refractivity contribution in [1.29, 1.82) is 0 Å². The van der Waals surface area contributed by atoms with Crippen LogP contribution in [-0.4, -0.2) is 52.7 Å². The number of hydrogen-bond donors (Lipinski definition) is 0. The molecule has 0 bridgehead atoms. The molecular formula is C29H31N3O5S2. The van der Waals surface area contributed by atoms with Crippen molar-refractivity contribution in [1.82, 2.24) is 9.80 Å². The number of carbonyl (C=O) groups excluding carboxylic acids is 2. The lowest BCUT2D eigenvalue weighted by atomic mass is 10.1. The molecule has 0 atom stereocenters. The smallest absolute Gasteiger partial charge is 0.266 e. The van der Waals surface area contributed by atoms with E-state index in [9.17, 15) is 9.59 Å². The monoisotopic (exact) mass is 565 g/mol. The number of methoxy groups -OCH3 is 1. The lowest BCUT2D eigenvalue weighted by Crippen LogP contribution is -2.35. The first-order chi connectivity index (χ1) is 19.0. The minimum absolute atomic E-state index is 0.115. The Morgan fingerprint density at radius 2 is 1.85 bits per heavy atom. The zero-order chi connectivity index (χ0) is 27.2. The summed E-state index contributed by atoms with van der Waals surface area (Å²) in [6.07, 6.45) is 7.09. The average Bonchev–Trinajstić information content (AvgIpc) is 3.70. The van der Waals surface area contributed by atoms with Gasteiger partial charge in [-0.25, -0.2) is 0 Å². The van der Waals surface area contributed by atoms with E-state index < -0.39 is 0 Å². The van der Waals surface area contributed by atoms with Gasteiger partial charge >= 0.3 is 0 Å². The molecule has 2 aliphatic rings. The number of piperidine rings is 1. The second kappa shape index (κ2) is 12.6. The second-order valence-corrected chi connectivity index (χ2v) is 11.1. The quantitative estimate of drug-likeness (QED) is 0.229. The first-order valence-corrected chi connectivity index (χ1v) is 14.3. The molecule has 0 aliphatic carbocycles. The lowest BCUT2D eigenvalue weighted by Gasteiger charge is -2.26. The molecule has 1 aromatic carbocycles. The van der Waals surface area contributed by atoms with Crippen molar-refractivity contribution in [2.45, 2.75) is 38.8 Å². The van der Waals surface area contributed by atoms with Gasteiger partial charge in [-0.3, -0.25) is 14.5 Å². The Balaban J connectivity index is 1.23. The van der Waals surface area contributed by atoms with E-state index in [2.05, 4.69) is 4.90 Å². The van der Waals surface area contributed by atoms with Crippen LogP contribution in [0.2, 0.25) is 0 Å². The Labute approximate surface area is 237 Å². The predicted octanol–water partition coefficient (Wildman–Crippen LogP) is 5.69. The summed E-state index contributed by atoms with van der Waals surface area (Å²) in [6, 6.07) is 15.0. The number of anilines is 1. The molecule has 204 valence electrons. The lowest BCUT2D eigenvalue weighted by molar-refractivity contribution is -0.133. The Kier molecular flexibility index (Phi) is 8.73. The molecule has 0 radical (unpaired) electrons. The maximum atomic E-state index is 13.4. The molecule has 4 heterocycles. The van der Waals surface area contributed by atoms with Crippen molar-refractivity contribution in [2.75, 3.05) is 31.6 Å². The summed E-state index contributed by atoms with van der Waals surface area (Å²) in [7, 11) is 1.61. The maximum absolute atomic E-state index is 13.4. The number of furan rings is 2. The standard InChI is InChI=1S/C29H31N3O5S2/c1-35-22-9-7-21(8-10-22)18-25-28(34)32(29(38)39-25)16-13-26(33)31(19-23-6-5-17-36-23)20-24-11-12-27(37-24)30-14-3-2-4-15-30/h5-12,17-18H,2-4,13-16,19-20H2,1H3/b25-18-. The minimum atomic E-state index is -0.191. The molecule has 10 heteroatoms. The highest BCUT2D eigenvalue weighted by Crippen LogP contribution is 2.33. The maximum Gasteiger partial charge on any atom is 0.266 e. The molecule has 2 aliphatic heterocycles. The largest absolute Gasteiger partial charge is 0.497 e. The Morgan fingerprint density at radius 1 is 1.08 bits per heavy atom. The van der Waals surface area contributed by atoms with Crippen LogP contribution in [0, 0.1) is 0 Å². The molecule has 2 amide bonds. The normalized spacial score (nSPS) is 16.8. The summed E-state index contributed by atoms with van der Waals surface area (Å²) in [5, 5.41) is 0. The van der Waals surface area contributed by atoms with E-state index in [0.717, 1.165) is 43.1 Å². The summed E-state index contributed by atoms with van der Waals surface area (Å²) in [6.45, 7) is 2.79. The minimum Gasteiger partial charge on any atom is -0.497 e. The molecule has 5 rings (SSSR count). The van der Waals surface area contributed by atoms with Crippen molar-refractivity contribution in [2.24, 2.45) is 0 Å². The van der Waals surface area contributed by atoms with Crippen LogP contribution in [0.15, 0.2) is 68.5 Å². The number of nitrogens with zero attached hydrogens (tertiary/aromatic N) is 3. The van der Waals surface area contributed by atoms with Gasteiger partial charge in [0, 0.05) is 32.1 Å². The van der Waals surface area contributed by atoms with Crippen LogP contribution in [0.4, 0.5) is 5.88 Å². The van der Waals surface area contributed by atoms with Gasteiger partial charge in [-0.2, -0.15) is 0 Å². The van der Waals surface area contributed by atoms with E-state index in [-0.39, 0.29) is 24.8 Å². The van der Waals surface area contributed by atoms with Crippen LogP contribution in [0.25, 0.3) is 6.08 Å². The van der Waals surface area contributed by atoms with Crippen LogP contribution >= 0.6 is 24.0 Å². The van der Waals surface area contributed by atoms with Gasteiger partial charge < -0.3 is 23.4 Å². The van der Waals surface area contributed by atoms with Crippen LogP contribution in [-0.2, 0) is 22.7 Å².